The van der Waals surface area contributed by atoms with E-state index in [0.717, 1.165) is 31.7 Å². The number of hydrogen-bond donors (Lipinski definition) is 1. The molecule has 4 nitrogen and oxygen atoms in total. The second-order valence-corrected chi connectivity index (χ2v) is 7.28. The zero-order chi connectivity index (χ0) is 20.4. The molecular weight excluding hydrogens is 421 g/mol. The molecule has 0 saturated carbocycles. The highest BCUT2D eigenvalue weighted by Gasteiger charge is 2.15. The molecule has 2 aromatic rings. The normalized spacial score (nSPS) is 10.9. The quantitative estimate of drug-likeness (QED) is 0.397. The van der Waals surface area contributed by atoms with Crippen molar-refractivity contribution in [2.24, 2.45) is 0 Å². The van der Waals surface area contributed by atoms with Crippen LogP contribution in [0.25, 0.3) is 0 Å². The summed E-state index contributed by atoms with van der Waals surface area (Å²) in [5.41, 5.74) is 1.73. The van der Waals surface area contributed by atoms with Crippen molar-refractivity contribution < 1.29 is 14.2 Å². The van der Waals surface area contributed by atoms with Gasteiger partial charge in [-0.2, -0.15) is 0 Å². The first-order valence-corrected chi connectivity index (χ1v) is 10.5. The Morgan fingerprint density at radius 2 is 1.68 bits per heavy atom. The molecule has 0 radical (unpaired) electrons. The predicted octanol–water partition coefficient (Wildman–Crippen LogP) is 6.14. The van der Waals surface area contributed by atoms with Crippen molar-refractivity contribution in [2.75, 3.05) is 26.4 Å². The van der Waals surface area contributed by atoms with Crippen LogP contribution in [0, 0.1) is 0 Å². The summed E-state index contributed by atoms with van der Waals surface area (Å²) in [6.07, 6.45) is 0.958. The Bertz CT molecular complexity index is 736. The van der Waals surface area contributed by atoms with Crippen LogP contribution >= 0.6 is 34.8 Å². The van der Waals surface area contributed by atoms with E-state index in [0.29, 0.717) is 45.3 Å². The molecule has 0 fully saturated rings. The maximum absolute atomic E-state index is 6.48. The van der Waals surface area contributed by atoms with Gasteiger partial charge in [0.25, 0.3) is 0 Å². The molecule has 2 aromatic carbocycles. The topological polar surface area (TPSA) is 39.7 Å². The maximum atomic E-state index is 6.48. The Morgan fingerprint density at radius 1 is 0.929 bits per heavy atom. The van der Waals surface area contributed by atoms with E-state index in [1.165, 1.54) is 0 Å². The summed E-state index contributed by atoms with van der Waals surface area (Å²) >= 11 is 18.9. The molecule has 0 spiro atoms. The molecule has 0 saturated heterocycles. The van der Waals surface area contributed by atoms with Crippen LogP contribution in [0.5, 0.6) is 11.5 Å². The summed E-state index contributed by atoms with van der Waals surface area (Å²) in [5, 5.41) is 4.97. The van der Waals surface area contributed by atoms with Gasteiger partial charge in [0.15, 0.2) is 11.5 Å². The number of halogens is 3. The zero-order valence-electron chi connectivity index (χ0n) is 16.2. The third-order valence-corrected chi connectivity index (χ3v) is 4.96. The minimum atomic E-state index is 0.202. The van der Waals surface area contributed by atoms with Crippen molar-refractivity contribution in [3.8, 4) is 11.5 Å². The SMILES string of the molecule is CCOCCCNCc1cc(Cl)c(OCc2c(Cl)cccc2Cl)c(OCC)c1. The lowest BCUT2D eigenvalue weighted by Crippen LogP contribution is -2.16. The first-order chi connectivity index (χ1) is 13.6. The Balaban J connectivity index is 2.05. The van der Waals surface area contributed by atoms with Gasteiger partial charge in [0.05, 0.1) is 11.6 Å². The van der Waals surface area contributed by atoms with E-state index in [1.54, 1.807) is 18.2 Å². The van der Waals surface area contributed by atoms with Crippen LogP contribution < -0.4 is 14.8 Å². The van der Waals surface area contributed by atoms with Crippen LogP contribution in [0.3, 0.4) is 0 Å². The molecule has 1 N–H and O–H groups in total. The molecule has 0 atom stereocenters. The van der Waals surface area contributed by atoms with Crippen LogP contribution in [-0.2, 0) is 17.9 Å². The fourth-order valence-corrected chi connectivity index (χ4v) is 3.41. The summed E-state index contributed by atoms with van der Waals surface area (Å²) in [7, 11) is 0. The van der Waals surface area contributed by atoms with E-state index in [4.69, 9.17) is 49.0 Å². The summed E-state index contributed by atoms with van der Waals surface area (Å²) in [6.45, 7) is 7.67. The van der Waals surface area contributed by atoms with E-state index in [1.807, 2.05) is 26.0 Å². The highest BCUT2D eigenvalue weighted by molar-refractivity contribution is 6.36. The van der Waals surface area contributed by atoms with E-state index >= 15 is 0 Å². The molecule has 0 aliphatic carbocycles. The second kappa shape index (κ2) is 12.4. The first kappa shape index (κ1) is 23.1. The average molecular weight is 447 g/mol. The van der Waals surface area contributed by atoms with Gasteiger partial charge in [0.1, 0.15) is 6.61 Å². The van der Waals surface area contributed by atoms with E-state index in [2.05, 4.69) is 5.32 Å². The number of benzene rings is 2. The summed E-state index contributed by atoms with van der Waals surface area (Å²) < 4.78 is 17.0. The fourth-order valence-electron chi connectivity index (χ4n) is 2.62. The van der Waals surface area contributed by atoms with Crippen molar-refractivity contribution in [1.82, 2.24) is 5.32 Å². The number of hydrogen-bond acceptors (Lipinski definition) is 4. The minimum Gasteiger partial charge on any atom is -0.490 e. The van der Waals surface area contributed by atoms with Gasteiger partial charge in [-0.25, -0.2) is 0 Å². The third-order valence-electron chi connectivity index (χ3n) is 3.97. The molecule has 28 heavy (non-hydrogen) atoms. The van der Waals surface area contributed by atoms with Crippen molar-refractivity contribution in [3.05, 3.63) is 56.5 Å². The van der Waals surface area contributed by atoms with Crippen molar-refractivity contribution >= 4 is 34.8 Å². The van der Waals surface area contributed by atoms with Gasteiger partial charge in [0, 0.05) is 35.4 Å². The highest BCUT2D eigenvalue weighted by atomic mass is 35.5. The lowest BCUT2D eigenvalue weighted by Gasteiger charge is -2.16. The molecule has 7 heteroatoms. The van der Waals surface area contributed by atoms with Gasteiger partial charge in [-0.15, -0.1) is 0 Å². The maximum Gasteiger partial charge on any atom is 0.180 e. The molecule has 0 aliphatic heterocycles. The van der Waals surface area contributed by atoms with Gasteiger partial charge < -0.3 is 19.5 Å². The molecule has 0 amide bonds. The Labute approximate surface area is 182 Å². The van der Waals surface area contributed by atoms with Crippen LogP contribution in [-0.4, -0.2) is 26.4 Å². The van der Waals surface area contributed by atoms with Crippen molar-refractivity contribution in [2.45, 2.75) is 33.4 Å². The van der Waals surface area contributed by atoms with Gasteiger partial charge in [-0.3, -0.25) is 0 Å². The van der Waals surface area contributed by atoms with Crippen molar-refractivity contribution in [1.29, 1.82) is 0 Å². The van der Waals surface area contributed by atoms with Crippen LogP contribution in [0.4, 0.5) is 0 Å². The van der Waals surface area contributed by atoms with E-state index in [9.17, 15) is 0 Å². The molecule has 0 aliphatic rings. The minimum absolute atomic E-state index is 0.202. The fraction of sp³-hybridized carbons (Fsp3) is 0.429. The largest absolute Gasteiger partial charge is 0.490 e. The standard InChI is InChI=1S/C21H26Cl3NO3/c1-3-26-10-6-9-25-13-15-11-19(24)21(20(12-15)27-4-2)28-14-16-17(22)7-5-8-18(16)23/h5,7-8,11-12,25H,3-4,6,9-10,13-14H2,1-2H3. The predicted molar refractivity (Wildman–Crippen MR) is 116 cm³/mol. The Morgan fingerprint density at radius 3 is 2.36 bits per heavy atom. The van der Waals surface area contributed by atoms with Gasteiger partial charge in [-0.1, -0.05) is 40.9 Å². The highest BCUT2D eigenvalue weighted by Crippen LogP contribution is 2.38. The van der Waals surface area contributed by atoms with Crippen molar-refractivity contribution in [3.63, 3.8) is 0 Å². The van der Waals surface area contributed by atoms with E-state index < -0.39 is 0 Å². The van der Waals surface area contributed by atoms with Gasteiger partial charge in [0.2, 0.25) is 0 Å². The number of rotatable bonds is 12. The molecule has 154 valence electrons. The second-order valence-electron chi connectivity index (χ2n) is 6.05. The number of nitrogens with one attached hydrogen (secondary N) is 1. The lowest BCUT2D eigenvalue weighted by atomic mass is 10.2. The molecule has 0 aromatic heterocycles. The summed E-state index contributed by atoms with van der Waals surface area (Å²) in [4.78, 5) is 0. The smallest absolute Gasteiger partial charge is 0.180 e. The third kappa shape index (κ3) is 7.02. The number of ether oxygens (including phenoxy) is 3. The summed E-state index contributed by atoms with van der Waals surface area (Å²) in [6, 6.07) is 9.16. The average Bonchev–Trinajstić information content (AvgIpc) is 2.66. The molecule has 2 rings (SSSR count). The molecule has 0 bridgehead atoms. The molecule has 0 unspecified atom stereocenters. The molecule has 0 heterocycles. The summed E-state index contributed by atoms with van der Waals surface area (Å²) in [5.74, 6) is 1.09. The van der Waals surface area contributed by atoms with Gasteiger partial charge >= 0.3 is 0 Å². The van der Waals surface area contributed by atoms with Gasteiger partial charge in [-0.05, 0) is 56.6 Å². The zero-order valence-corrected chi connectivity index (χ0v) is 18.5. The lowest BCUT2D eigenvalue weighted by molar-refractivity contribution is 0.144. The van der Waals surface area contributed by atoms with Crippen LogP contribution in [0.2, 0.25) is 15.1 Å². The van der Waals surface area contributed by atoms with Crippen LogP contribution in [0.15, 0.2) is 30.3 Å². The Hall–Kier alpha value is -1.17. The van der Waals surface area contributed by atoms with Crippen LogP contribution in [0.1, 0.15) is 31.4 Å². The monoisotopic (exact) mass is 445 g/mol. The van der Waals surface area contributed by atoms with E-state index in [-0.39, 0.29) is 6.61 Å². The first-order valence-electron chi connectivity index (χ1n) is 9.36. The Kier molecular flexibility index (Phi) is 10.2. The molecular formula is C21H26Cl3NO3.